The maximum Gasteiger partial charge on any atom is 0.0839 e. The number of rotatable bonds is 4. The second-order valence-corrected chi connectivity index (χ2v) is 2.18. The molecule has 0 bridgehead atoms. The summed E-state index contributed by atoms with van der Waals surface area (Å²) in [7, 11) is 0. The molecule has 2 heteroatoms. The zero-order valence-electron chi connectivity index (χ0n) is 6.13. The van der Waals surface area contributed by atoms with E-state index < -0.39 is 0 Å². The van der Waals surface area contributed by atoms with Crippen LogP contribution in [0.3, 0.4) is 0 Å². The fourth-order valence-corrected chi connectivity index (χ4v) is 0.534. The van der Waals surface area contributed by atoms with Crippen LogP contribution in [0.1, 0.15) is 13.3 Å². The van der Waals surface area contributed by atoms with E-state index >= 15 is 0 Å². The lowest BCUT2D eigenvalue weighted by Gasteiger charge is -1.98. The molecule has 0 aromatic heterocycles. The number of nitrogens with zero attached hydrogens (tertiary/aromatic N) is 1. The summed E-state index contributed by atoms with van der Waals surface area (Å²) in [5.74, 6) is 0.304. The van der Waals surface area contributed by atoms with Crippen LogP contribution in [0.2, 0.25) is 0 Å². The highest BCUT2D eigenvalue weighted by Gasteiger charge is 1.96. The SMILES string of the molecule is C=C=C=CCC(C)CN=O. The fourth-order valence-electron chi connectivity index (χ4n) is 0.534. The average Bonchev–Trinajstić information content (AvgIpc) is 1.89. The van der Waals surface area contributed by atoms with Gasteiger partial charge >= 0.3 is 0 Å². The van der Waals surface area contributed by atoms with Gasteiger partial charge in [-0.3, -0.25) is 0 Å². The summed E-state index contributed by atoms with van der Waals surface area (Å²) in [4.78, 5) is 9.74. The van der Waals surface area contributed by atoms with E-state index in [-0.39, 0.29) is 0 Å². The lowest BCUT2D eigenvalue weighted by atomic mass is 10.1. The molecule has 0 aliphatic carbocycles. The monoisotopic (exact) mass is 137 g/mol. The molecule has 0 aliphatic heterocycles. The molecule has 2 nitrogen and oxygen atoms in total. The Morgan fingerprint density at radius 3 is 3.00 bits per heavy atom. The van der Waals surface area contributed by atoms with Crippen molar-refractivity contribution in [2.24, 2.45) is 11.1 Å². The molecule has 0 saturated heterocycles. The Balaban J connectivity index is 3.57. The fraction of sp³-hybridized carbons (Fsp3) is 0.500. The van der Waals surface area contributed by atoms with E-state index in [1.54, 1.807) is 0 Å². The van der Waals surface area contributed by atoms with E-state index in [9.17, 15) is 4.91 Å². The molecule has 0 amide bonds. The number of nitroso groups, excluding NO2 is 1. The first-order valence-electron chi connectivity index (χ1n) is 3.19. The van der Waals surface area contributed by atoms with Gasteiger partial charge in [0.2, 0.25) is 0 Å². The third kappa shape index (κ3) is 5.04. The van der Waals surface area contributed by atoms with Crippen molar-refractivity contribution in [3.63, 3.8) is 0 Å². The van der Waals surface area contributed by atoms with Crippen LogP contribution in [0.15, 0.2) is 29.3 Å². The summed E-state index contributed by atoms with van der Waals surface area (Å²) in [6, 6.07) is 0. The van der Waals surface area contributed by atoms with Gasteiger partial charge in [0, 0.05) is 0 Å². The van der Waals surface area contributed by atoms with Gasteiger partial charge in [-0.05, 0) is 25.0 Å². The van der Waals surface area contributed by atoms with Crippen molar-refractivity contribution in [3.8, 4) is 0 Å². The average molecular weight is 137 g/mol. The Kier molecular flexibility index (Phi) is 5.36. The molecular weight excluding hydrogens is 126 g/mol. The van der Waals surface area contributed by atoms with E-state index in [2.05, 4.69) is 23.2 Å². The van der Waals surface area contributed by atoms with Gasteiger partial charge in [0.1, 0.15) is 0 Å². The molecule has 0 radical (unpaired) electrons. The van der Waals surface area contributed by atoms with E-state index in [1.807, 2.05) is 13.0 Å². The van der Waals surface area contributed by atoms with Crippen molar-refractivity contribution in [2.45, 2.75) is 13.3 Å². The minimum atomic E-state index is 0.304. The van der Waals surface area contributed by atoms with Gasteiger partial charge in [-0.2, -0.15) is 4.91 Å². The minimum Gasteiger partial charge on any atom is -0.151 e. The molecule has 0 rings (SSSR count). The van der Waals surface area contributed by atoms with Gasteiger partial charge in [-0.25, -0.2) is 0 Å². The maximum absolute atomic E-state index is 9.74. The first-order valence-corrected chi connectivity index (χ1v) is 3.19. The number of hydrogen-bond acceptors (Lipinski definition) is 2. The Hall–Kier alpha value is -1.10. The molecule has 1 unspecified atom stereocenters. The van der Waals surface area contributed by atoms with Crippen LogP contribution in [0.5, 0.6) is 0 Å². The molecule has 0 N–H and O–H groups in total. The van der Waals surface area contributed by atoms with Gasteiger partial charge in [-0.1, -0.05) is 23.6 Å². The summed E-state index contributed by atoms with van der Waals surface area (Å²) in [5, 5.41) is 2.78. The predicted molar refractivity (Wildman–Crippen MR) is 41.7 cm³/mol. The summed E-state index contributed by atoms with van der Waals surface area (Å²) >= 11 is 0. The molecule has 10 heavy (non-hydrogen) atoms. The molecule has 0 saturated carbocycles. The van der Waals surface area contributed by atoms with Gasteiger partial charge in [0.15, 0.2) is 0 Å². The van der Waals surface area contributed by atoms with Crippen LogP contribution in [-0.4, -0.2) is 6.54 Å². The highest BCUT2D eigenvalue weighted by Crippen LogP contribution is 2.01. The maximum atomic E-state index is 9.74. The van der Waals surface area contributed by atoms with Crippen LogP contribution in [-0.2, 0) is 0 Å². The smallest absolute Gasteiger partial charge is 0.0839 e. The van der Waals surface area contributed by atoms with Crippen molar-refractivity contribution < 1.29 is 0 Å². The molecule has 1 atom stereocenters. The first kappa shape index (κ1) is 8.90. The third-order valence-corrected chi connectivity index (χ3v) is 1.11. The Bertz CT molecular complexity index is 174. The first-order chi connectivity index (χ1) is 4.81. The van der Waals surface area contributed by atoms with Gasteiger partial charge in [0.05, 0.1) is 6.54 Å². The molecule has 0 heterocycles. The lowest BCUT2D eigenvalue weighted by Crippen LogP contribution is -1.95. The summed E-state index contributed by atoms with van der Waals surface area (Å²) in [5.41, 5.74) is 5.21. The highest BCUT2D eigenvalue weighted by atomic mass is 16.3. The standard InChI is InChI=1S/C8H11NO/c1-3-4-5-6-8(2)7-9-10/h5,8H,1,6-7H2,2H3. The van der Waals surface area contributed by atoms with E-state index in [0.717, 1.165) is 6.42 Å². The van der Waals surface area contributed by atoms with E-state index in [1.165, 1.54) is 0 Å². The third-order valence-electron chi connectivity index (χ3n) is 1.11. The Labute approximate surface area is 60.9 Å². The van der Waals surface area contributed by atoms with Crippen LogP contribution in [0.4, 0.5) is 0 Å². The van der Waals surface area contributed by atoms with Crippen molar-refractivity contribution >= 4 is 0 Å². The summed E-state index contributed by atoms with van der Waals surface area (Å²) < 4.78 is 0. The Morgan fingerprint density at radius 1 is 1.80 bits per heavy atom. The largest absolute Gasteiger partial charge is 0.151 e. The molecule has 0 aromatic rings. The Morgan fingerprint density at radius 2 is 2.50 bits per heavy atom. The molecule has 0 aromatic carbocycles. The zero-order chi connectivity index (χ0) is 7.82. The number of hydrogen-bond donors (Lipinski definition) is 0. The van der Waals surface area contributed by atoms with Gasteiger partial charge in [-0.15, -0.1) is 0 Å². The van der Waals surface area contributed by atoms with Crippen molar-refractivity contribution in [1.29, 1.82) is 0 Å². The molecule has 0 aliphatic rings. The quantitative estimate of drug-likeness (QED) is 0.431. The molecular formula is C8H11NO. The highest BCUT2D eigenvalue weighted by molar-refractivity contribution is 4.82. The van der Waals surface area contributed by atoms with Gasteiger partial charge in [0.25, 0.3) is 0 Å². The summed E-state index contributed by atoms with van der Waals surface area (Å²) in [6.07, 6.45) is 2.62. The minimum absolute atomic E-state index is 0.304. The van der Waals surface area contributed by atoms with Crippen LogP contribution in [0.25, 0.3) is 0 Å². The van der Waals surface area contributed by atoms with Crippen LogP contribution in [0, 0.1) is 10.8 Å². The molecule has 54 valence electrons. The molecule has 0 fully saturated rings. The van der Waals surface area contributed by atoms with Gasteiger partial charge < -0.3 is 0 Å². The van der Waals surface area contributed by atoms with Crippen LogP contribution < -0.4 is 0 Å². The normalized spacial score (nSPS) is 10.9. The number of allylic oxidation sites excluding steroid dienone is 1. The summed E-state index contributed by atoms with van der Waals surface area (Å²) in [6.45, 7) is 5.68. The van der Waals surface area contributed by atoms with Crippen molar-refractivity contribution in [1.82, 2.24) is 0 Å². The van der Waals surface area contributed by atoms with E-state index in [4.69, 9.17) is 0 Å². The van der Waals surface area contributed by atoms with E-state index in [0.29, 0.717) is 12.5 Å². The van der Waals surface area contributed by atoms with Crippen molar-refractivity contribution in [3.05, 3.63) is 29.0 Å². The second-order valence-electron chi connectivity index (χ2n) is 2.18. The lowest BCUT2D eigenvalue weighted by molar-refractivity contribution is 0.605. The zero-order valence-corrected chi connectivity index (χ0v) is 6.13. The second kappa shape index (κ2) is 6.03. The van der Waals surface area contributed by atoms with Crippen LogP contribution >= 0.6 is 0 Å². The predicted octanol–water partition coefficient (Wildman–Crippen LogP) is 2.28. The molecule has 0 spiro atoms. The topological polar surface area (TPSA) is 29.4 Å². The van der Waals surface area contributed by atoms with Crippen molar-refractivity contribution in [2.75, 3.05) is 6.54 Å².